The molecule has 0 aromatic heterocycles. The number of hydrogen-bond acceptors (Lipinski definition) is 3. The van der Waals surface area contributed by atoms with Crippen molar-refractivity contribution < 1.29 is 14.3 Å². The highest BCUT2D eigenvalue weighted by atomic mass is 16.6. The van der Waals surface area contributed by atoms with E-state index in [1.54, 1.807) is 0 Å². The number of cyclic esters (lactones) is 1. The van der Waals surface area contributed by atoms with E-state index in [0.717, 1.165) is 25.9 Å². The maximum Gasteiger partial charge on any atom is 0.407 e. The molecule has 1 N–H and O–H groups in total. The first-order valence-corrected chi connectivity index (χ1v) is 11.3. The van der Waals surface area contributed by atoms with Crippen molar-refractivity contribution in [1.29, 1.82) is 0 Å². The molecule has 0 unspecified atom stereocenters. The van der Waals surface area contributed by atoms with E-state index in [0.29, 0.717) is 25.4 Å². The summed E-state index contributed by atoms with van der Waals surface area (Å²) >= 11 is 0. The van der Waals surface area contributed by atoms with Crippen molar-refractivity contribution in [3.8, 4) is 0 Å². The van der Waals surface area contributed by atoms with Gasteiger partial charge in [-0.1, -0.05) is 67.6 Å². The summed E-state index contributed by atoms with van der Waals surface area (Å²) in [6.07, 6.45) is 3.02. The molecular weight excluding hydrogens is 388 g/mol. The fraction of sp³-hybridized carbons (Fsp3) is 0.462. The number of carbonyl (C=O) groups is 2. The van der Waals surface area contributed by atoms with Crippen LogP contribution in [0.3, 0.4) is 0 Å². The van der Waals surface area contributed by atoms with Crippen molar-refractivity contribution in [2.45, 2.75) is 43.6 Å². The summed E-state index contributed by atoms with van der Waals surface area (Å²) in [6, 6.07) is 21.5. The topological polar surface area (TPSA) is 58.6 Å². The lowest BCUT2D eigenvalue weighted by Gasteiger charge is -2.47. The number of carbonyl (C=O) groups excluding carboxylic acids is 2. The molecule has 0 radical (unpaired) electrons. The minimum absolute atomic E-state index is 0.00757. The molecule has 1 spiro atoms. The van der Waals surface area contributed by atoms with Crippen molar-refractivity contribution >= 4 is 12.0 Å². The molecule has 162 valence electrons. The van der Waals surface area contributed by atoms with E-state index in [-0.39, 0.29) is 28.9 Å². The van der Waals surface area contributed by atoms with Crippen LogP contribution >= 0.6 is 0 Å². The predicted molar refractivity (Wildman–Crippen MR) is 119 cm³/mol. The summed E-state index contributed by atoms with van der Waals surface area (Å²) in [5.41, 5.74) is 2.30. The molecule has 2 amide bonds. The standard InChI is InChI=1S/C26H30N2O3/c1-25(20-8-4-2-5-9-20,21-10-6-3-7-11-21)22-12-14-28(15-13-22)23(29)19-16-26(17-19)18-31-24(30)27-26/h2-11,19,22H,12-18H2,1H3,(H,27,30). The van der Waals surface area contributed by atoms with Gasteiger partial charge >= 0.3 is 6.09 Å². The number of piperidine rings is 1. The lowest BCUT2D eigenvalue weighted by atomic mass is 9.64. The zero-order valence-electron chi connectivity index (χ0n) is 18.0. The third kappa shape index (κ3) is 3.50. The first-order chi connectivity index (χ1) is 15.0. The van der Waals surface area contributed by atoms with Crippen LogP contribution in [0.1, 0.15) is 43.7 Å². The molecule has 0 atom stereocenters. The third-order valence-electron chi connectivity index (χ3n) is 7.84. The second kappa shape index (κ2) is 7.70. The Morgan fingerprint density at radius 2 is 1.55 bits per heavy atom. The molecule has 2 aromatic rings. The number of benzene rings is 2. The Hall–Kier alpha value is -2.82. The van der Waals surface area contributed by atoms with Gasteiger partial charge in [0.05, 0.1) is 5.54 Å². The summed E-state index contributed by atoms with van der Waals surface area (Å²) in [4.78, 5) is 26.5. The van der Waals surface area contributed by atoms with Gasteiger partial charge in [-0.15, -0.1) is 0 Å². The number of likely N-dealkylation sites (tertiary alicyclic amines) is 1. The minimum Gasteiger partial charge on any atom is -0.447 e. The average molecular weight is 419 g/mol. The quantitative estimate of drug-likeness (QED) is 0.813. The number of ether oxygens (including phenoxy) is 1. The monoisotopic (exact) mass is 418 g/mol. The van der Waals surface area contributed by atoms with Crippen LogP contribution < -0.4 is 5.32 Å². The zero-order valence-corrected chi connectivity index (χ0v) is 18.0. The first kappa shape index (κ1) is 20.1. The van der Waals surface area contributed by atoms with Crippen molar-refractivity contribution in [2.24, 2.45) is 11.8 Å². The molecule has 1 saturated carbocycles. The largest absolute Gasteiger partial charge is 0.447 e. The van der Waals surface area contributed by atoms with E-state index in [1.807, 2.05) is 4.90 Å². The summed E-state index contributed by atoms with van der Waals surface area (Å²) < 4.78 is 5.04. The first-order valence-electron chi connectivity index (χ1n) is 11.3. The average Bonchev–Trinajstić information content (AvgIpc) is 3.20. The van der Waals surface area contributed by atoms with Crippen molar-refractivity contribution in [3.05, 3.63) is 71.8 Å². The SMILES string of the molecule is CC(c1ccccc1)(c1ccccc1)C1CCN(C(=O)C2CC3(COC(=O)N3)C2)CC1. The Bertz CT molecular complexity index is 906. The van der Waals surface area contributed by atoms with E-state index in [2.05, 4.69) is 72.9 Å². The fourth-order valence-electron chi connectivity index (χ4n) is 5.91. The molecule has 31 heavy (non-hydrogen) atoms. The number of nitrogens with one attached hydrogen (secondary N) is 1. The normalized spacial score (nSPS) is 26.3. The number of rotatable bonds is 4. The Kier molecular flexibility index (Phi) is 4.99. The smallest absolute Gasteiger partial charge is 0.407 e. The van der Waals surface area contributed by atoms with Crippen molar-refractivity contribution in [3.63, 3.8) is 0 Å². The van der Waals surface area contributed by atoms with Gasteiger partial charge in [0, 0.05) is 24.4 Å². The van der Waals surface area contributed by atoms with E-state index >= 15 is 0 Å². The van der Waals surface area contributed by atoms with Gasteiger partial charge in [0.2, 0.25) is 5.91 Å². The number of hydrogen-bond donors (Lipinski definition) is 1. The highest BCUT2D eigenvalue weighted by Gasteiger charge is 2.53. The number of amides is 2. The second-order valence-electron chi connectivity index (χ2n) is 9.62. The predicted octanol–water partition coefficient (Wildman–Crippen LogP) is 4.12. The molecule has 1 aliphatic carbocycles. The van der Waals surface area contributed by atoms with Crippen molar-refractivity contribution in [2.75, 3.05) is 19.7 Å². The van der Waals surface area contributed by atoms with Gasteiger partial charge in [0.15, 0.2) is 0 Å². The molecule has 5 nitrogen and oxygen atoms in total. The molecule has 2 saturated heterocycles. The summed E-state index contributed by atoms with van der Waals surface area (Å²) in [5, 5.41) is 2.89. The van der Waals surface area contributed by atoms with Gasteiger partial charge in [-0.05, 0) is 42.7 Å². The van der Waals surface area contributed by atoms with Crippen LogP contribution in [0.4, 0.5) is 4.79 Å². The van der Waals surface area contributed by atoms with Crippen LogP contribution in [0.2, 0.25) is 0 Å². The lowest BCUT2D eigenvalue weighted by Crippen LogP contribution is -2.59. The molecular formula is C26H30N2O3. The fourth-order valence-corrected chi connectivity index (χ4v) is 5.91. The molecule has 5 rings (SSSR count). The molecule has 3 aliphatic rings. The van der Waals surface area contributed by atoms with E-state index in [1.165, 1.54) is 11.1 Å². The number of nitrogens with zero attached hydrogens (tertiary/aromatic N) is 1. The summed E-state index contributed by atoms with van der Waals surface area (Å²) in [5.74, 6) is 0.719. The lowest BCUT2D eigenvalue weighted by molar-refractivity contribution is -0.142. The van der Waals surface area contributed by atoms with Crippen LogP contribution in [0, 0.1) is 11.8 Å². The maximum atomic E-state index is 13.1. The van der Waals surface area contributed by atoms with Crippen LogP contribution in [0.5, 0.6) is 0 Å². The van der Waals surface area contributed by atoms with Crippen LogP contribution in [-0.4, -0.2) is 42.1 Å². The third-order valence-corrected chi connectivity index (χ3v) is 7.84. The molecule has 2 aliphatic heterocycles. The van der Waals surface area contributed by atoms with E-state index in [9.17, 15) is 9.59 Å². The van der Waals surface area contributed by atoms with E-state index in [4.69, 9.17) is 4.74 Å². The molecule has 5 heteroatoms. The van der Waals surface area contributed by atoms with Gasteiger partial charge in [-0.25, -0.2) is 4.79 Å². The highest BCUT2D eigenvalue weighted by Crippen LogP contribution is 2.45. The Morgan fingerprint density at radius 1 is 1.00 bits per heavy atom. The van der Waals surface area contributed by atoms with Crippen molar-refractivity contribution in [1.82, 2.24) is 10.2 Å². The Labute approximate surface area is 183 Å². The Morgan fingerprint density at radius 3 is 2.03 bits per heavy atom. The maximum absolute atomic E-state index is 13.1. The van der Waals surface area contributed by atoms with Gasteiger partial charge < -0.3 is 15.0 Å². The van der Waals surface area contributed by atoms with Gasteiger partial charge in [-0.2, -0.15) is 0 Å². The van der Waals surface area contributed by atoms with Crippen LogP contribution in [0.15, 0.2) is 60.7 Å². The highest BCUT2D eigenvalue weighted by molar-refractivity contribution is 5.81. The summed E-state index contributed by atoms with van der Waals surface area (Å²) in [7, 11) is 0. The number of alkyl carbamates (subject to hydrolysis) is 1. The van der Waals surface area contributed by atoms with Gasteiger partial charge in [-0.3, -0.25) is 4.79 Å². The Balaban J connectivity index is 1.27. The molecule has 2 heterocycles. The van der Waals surface area contributed by atoms with E-state index < -0.39 is 0 Å². The van der Waals surface area contributed by atoms with Gasteiger partial charge in [0.25, 0.3) is 0 Å². The zero-order chi connectivity index (χ0) is 21.5. The van der Waals surface area contributed by atoms with Gasteiger partial charge in [0.1, 0.15) is 6.61 Å². The minimum atomic E-state index is -0.354. The molecule has 2 aromatic carbocycles. The molecule has 3 fully saturated rings. The van der Waals surface area contributed by atoms with Crippen LogP contribution in [0.25, 0.3) is 0 Å². The second-order valence-corrected chi connectivity index (χ2v) is 9.62. The molecule has 0 bridgehead atoms. The summed E-state index contributed by atoms with van der Waals surface area (Å²) in [6.45, 7) is 4.35. The van der Waals surface area contributed by atoms with Crippen LogP contribution in [-0.2, 0) is 14.9 Å².